The molecule has 1 aromatic carbocycles. The number of aryl methyl sites for hydroxylation is 2. The van der Waals surface area contributed by atoms with Crippen LogP contribution in [0.2, 0.25) is 0 Å². The second kappa shape index (κ2) is 6.34. The number of benzene rings is 1. The van der Waals surface area contributed by atoms with E-state index in [9.17, 15) is 4.79 Å². The van der Waals surface area contributed by atoms with Gasteiger partial charge in [-0.3, -0.25) is 9.20 Å². The van der Waals surface area contributed by atoms with E-state index in [1.807, 2.05) is 25.1 Å². The van der Waals surface area contributed by atoms with Gasteiger partial charge in [-0.25, -0.2) is 4.98 Å². The topological polar surface area (TPSA) is 38.8 Å². The number of aromatic nitrogens is 2. The Kier molecular flexibility index (Phi) is 4.26. The summed E-state index contributed by atoms with van der Waals surface area (Å²) >= 11 is 0. The van der Waals surface area contributed by atoms with Crippen LogP contribution in [0.5, 0.6) is 0 Å². The number of pyridine rings is 1. The van der Waals surface area contributed by atoms with Crippen LogP contribution in [0.15, 0.2) is 53.3 Å². The Morgan fingerprint density at radius 1 is 1.04 bits per heavy atom. The van der Waals surface area contributed by atoms with E-state index in [-0.39, 0.29) is 5.56 Å². The molecule has 2 aromatic heterocycles. The van der Waals surface area contributed by atoms with Crippen LogP contribution in [-0.2, 0) is 13.1 Å². The van der Waals surface area contributed by atoms with Crippen molar-refractivity contribution in [3.8, 4) is 0 Å². The maximum absolute atomic E-state index is 12.3. The summed E-state index contributed by atoms with van der Waals surface area (Å²) in [4.78, 5) is 18.2. The molecule has 23 heavy (non-hydrogen) atoms. The summed E-state index contributed by atoms with van der Waals surface area (Å²) in [7, 11) is 2.12. The van der Waals surface area contributed by atoms with Crippen LogP contribution < -0.4 is 10.5 Å². The standard InChI is InChI=1S/C19H21N3O/c1-14-7-9-16(10-8-14)12-21(3)13-17-11-19(23)22-15(2)5-4-6-18(22)20-17/h4-11H,12-13H2,1-3H3/p+1. The van der Waals surface area contributed by atoms with Crippen molar-refractivity contribution >= 4 is 5.65 Å². The molecule has 0 amide bonds. The van der Waals surface area contributed by atoms with Crippen LogP contribution in [0, 0.1) is 13.8 Å². The van der Waals surface area contributed by atoms with Gasteiger partial charge in [0.25, 0.3) is 5.56 Å². The first kappa shape index (κ1) is 15.4. The minimum atomic E-state index is -0.00811. The Labute approximate surface area is 136 Å². The first-order valence-corrected chi connectivity index (χ1v) is 7.88. The highest BCUT2D eigenvalue weighted by molar-refractivity contribution is 5.40. The number of hydrogen-bond donors (Lipinski definition) is 1. The lowest BCUT2D eigenvalue weighted by atomic mass is 10.1. The fourth-order valence-electron chi connectivity index (χ4n) is 2.88. The Morgan fingerprint density at radius 2 is 1.78 bits per heavy atom. The van der Waals surface area contributed by atoms with E-state index < -0.39 is 0 Å². The lowest BCUT2D eigenvalue weighted by molar-refractivity contribution is -0.908. The molecule has 3 aromatic rings. The Bertz CT molecular complexity index is 881. The molecule has 1 atom stereocenters. The maximum Gasteiger partial charge on any atom is 0.258 e. The summed E-state index contributed by atoms with van der Waals surface area (Å²) in [6.07, 6.45) is 0. The van der Waals surface area contributed by atoms with E-state index in [1.54, 1.807) is 10.5 Å². The molecular weight excluding hydrogens is 286 g/mol. The molecule has 0 fully saturated rings. The third-order valence-corrected chi connectivity index (χ3v) is 4.04. The first-order chi connectivity index (χ1) is 11.0. The molecule has 4 heteroatoms. The van der Waals surface area contributed by atoms with Crippen LogP contribution in [-0.4, -0.2) is 16.4 Å². The van der Waals surface area contributed by atoms with Gasteiger partial charge >= 0.3 is 0 Å². The summed E-state index contributed by atoms with van der Waals surface area (Å²) < 4.78 is 1.65. The monoisotopic (exact) mass is 308 g/mol. The molecular formula is C19H22N3O+. The zero-order valence-corrected chi connectivity index (χ0v) is 13.8. The minimum absolute atomic E-state index is 0.00811. The third-order valence-electron chi connectivity index (χ3n) is 4.04. The SMILES string of the molecule is Cc1ccc(C[NH+](C)Cc2cc(=O)n3c(C)cccc3n2)cc1. The molecule has 118 valence electrons. The van der Waals surface area contributed by atoms with E-state index in [2.05, 4.69) is 43.2 Å². The molecule has 0 aliphatic heterocycles. The fourth-order valence-corrected chi connectivity index (χ4v) is 2.88. The Morgan fingerprint density at radius 3 is 2.52 bits per heavy atom. The van der Waals surface area contributed by atoms with Gasteiger partial charge in [0.05, 0.1) is 7.05 Å². The van der Waals surface area contributed by atoms with Crippen LogP contribution in [0.1, 0.15) is 22.5 Å². The number of fused-ring (bicyclic) bond motifs is 1. The molecule has 0 saturated heterocycles. The number of rotatable bonds is 4. The largest absolute Gasteiger partial charge is 0.329 e. The quantitative estimate of drug-likeness (QED) is 0.794. The molecule has 0 aliphatic rings. The lowest BCUT2D eigenvalue weighted by Gasteiger charge is -2.14. The van der Waals surface area contributed by atoms with Crippen molar-refractivity contribution in [1.82, 2.24) is 9.38 Å². The minimum Gasteiger partial charge on any atom is -0.329 e. The van der Waals surface area contributed by atoms with Gasteiger partial charge in [0.1, 0.15) is 24.4 Å². The van der Waals surface area contributed by atoms with Gasteiger partial charge in [0.15, 0.2) is 0 Å². The third kappa shape index (κ3) is 3.48. The van der Waals surface area contributed by atoms with E-state index >= 15 is 0 Å². The van der Waals surface area contributed by atoms with Gasteiger partial charge in [-0.2, -0.15) is 0 Å². The summed E-state index contributed by atoms with van der Waals surface area (Å²) in [6.45, 7) is 5.65. The second-order valence-electron chi connectivity index (χ2n) is 6.24. The first-order valence-electron chi connectivity index (χ1n) is 7.88. The normalized spacial score (nSPS) is 12.5. The highest BCUT2D eigenvalue weighted by atomic mass is 16.1. The highest BCUT2D eigenvalue weighted by Crippen LogP contribution is 2.03. The molecule has 0 spiro atoms. The van der Waals surface area contributed by atoms with Crippen LogP contribution >= 0.6 is 0 Å². The highest BCUT2D eigenvalue weighted by Gasteiger charge is 2.09. The Hall–Kier alpha value is -2.46. The van der Waals surface area contributed by atoms with Crippen molar-refractivity contribution in [2.24, 2.45) is 0 Å². The van der Waals surface area contributed by atoms with Crippen molar-refractivity contribution in [2.75, 3.05) is 7.05 Å². The van der Waals surface area contributed by atoms with Crippen molar-refractivity contribution in [1.29, 1.82) is 0 Å². The fraction of sp³-hybridized carbons (Fsp3) is 0.263. The van der Waals surface area contributed by atoms with Crippen molar-refractivity contribution in [3.63, 3.8) is 0 Å². The summed E-state index contributed by atoms with van der Waals surface area (Å²) in [5.41, 5.74) is 5.02. The molecule has 0 radical (unpaired) electrons. The predicted octanol–water partition coefficient (Wildman–Crippen LogP) is 1.53. The van der Waals surface area contributed by atoms with E-state index in [4.69, 9.17) is 0 Å². The van der Waals surface area contributed by atoms with Crippen LogP contribution in [0.4, 0.5) is 0 Å². The Balaban J connectivity index is 1.81. The second-order valence-corrected chi connectivity index (χ2v) is 6.24. The zero-order chi connectivity index (χ0) is 16.4. The summed E-state index contributed by atoms with van der Waals surface area (Å²) in [5, 5.41) is 0. The average Bonchev–Trinajstić information content (AvgIpc) is 2.49. The number of nitrogens with zero attached hydrogens (tertiary/aromatic N) is 2. The molecule has 0 saturated carbocycles. The maximum atomic E-state index is 12.3. The van der Waals surface area contributed by atoms with Gasteiger partial charge in [-0.15, -0.1) is 0 Å². The van der Waals surface area contributed by atoms with E-state index in [0.717, 1.165) is 30.1 Å². The van der Waals surface area contributed by atoms with E-state index in [0.29, 0.717) is 0 Å². The lowest BCUT2D eigenvalue weighted by Crippen LogP contribution is -3.06. The average molecular weight is 308 g/mol. The van der Waals surface area contributed by atoms with Gasteiger partial charge in [0, 0.05) is 17.3 Å². The van der Waals surface area contributed by atoms with Crippen molar-refractivity contribution < 1.29 is 4.90 Å². The summed E-state index contributed by atoms with van der Waals surface area (Å²) in [6, 6.07) is 16.0. The molecule has 3 rings (SSSR count). The van der Waals surface area contributed by atoms with Crippen molar-refractivity contribution in [2.45, 2.75) is 26.9 Å². The molecule has 4 nitrogen and oxygen atoms in total. The van der Waals surface area contributed by atoms with Crippen LogP contribution in [0.3, 0.4) is 0 Å². The number of hydrogen-bond acceptors (Lipinski definition) is 2. The summed E-state index contributed by atoms with van der Waals surface area (Å²) in [5.74, 6) is 0. The number of nitrogens with one attached hydrogen (secondary N) is 1. The van der Waals surface area contributed by atoms with Crippen LogP contribution in [0.25, 0.3) is 5.65 Å². The zero-order valence-electron chi connectivity index (χ0n) is 13.8. The van der Waals surface area contributed by atoms with Crippen molar-refractivity contribution in [3.05, 3.63) is 81.4 Å². The van der Waals surface area contributed by atoms with Gasteiger partial charge in [-0.1, -0.05) is 35.9 Å². The smallest absolute Gasteiger partial charge is 0.258 e. The molecule has 2 heterocycles. The molecule has 0 aliphatic carbocycles. The van der Waals surface area contributed by atoms with Gasteiger partial charge in [0.2, 0.25) is 0 Å². The van der Waals surface area contributed by atoms with Gasteiger partial charge < -0.3 is 4.90 Å². The van der Waals surface area contributed by atoms with Gasteiger partial charge in [-0.05, 0) is 26.0 Å². The molecule has 1 N–H and O–H groups in total. The van der Waals surface area contributed by atoms with E-state index in [1.165, 1.54) is 16.0 Å². The number of quaternary nitrogens is 1. The molecule has 1 unspecified atom stereocenters. The predicted molar refractivity (Wildman–Crippen MR) is 91.7 cm³/mol. The molecule has 0 bridgehead atoms.